The molecule has 3 fully saturated rings. The van der Waals surface area contributed by atoms with Crippen LogP contribution in [0.3, 0.4) is 0 Å². The molecule has 1 aromatic rings. The smallest absolute Gasteiger partial charge is 0.225 e. The van der Waals surface area contributed by atoms with Gasteiger partial charge in [-0.3, -0.25) is 14.5 Å². The number of carbonyl (C=O) groups excluding carboxylic acids is 2. The van der Waals surface area contributed by atoms with E-state index in [0.717, 1.165) is 70.5 Å². The van der Waals surface area contributed by atoms with Gasteiger partial charge in [-0.1, -0.05) is 0 Å². The minimum absolute atomic E-state index is 0.0689. The van der Waals surface area contributed by atoms with Gasteiger partial charge in [0.15, 0.2) is 0 Å². The van der Waals surface area contributed by atoms with Crippen LogP contribution in [0.4, 0.5) is 0 Å². The average molecular weight is 389 g/mol. The molecule has 28 heavy (non-hydrogen) atoms. The van der Waals surface area contributed by atoms with Crippen LogP contribution in [0.1, 0.15) is 44.3 Å². The number of piperidine rings is 2. The largest absolute Gasteiger partial charge is 0.355 e. The first-order chi connectivity index (χ1) is 13.6. The highest BCUT2D eigenvalue weighted by molar-refractivity contribution is 5.81. The lowest BCUT2D eigenvalue weighted by molar-refractivity contribution is -0.134. The molecular formula is C20H32N6O2. The number of hydrogen-bond donors (Lipinski definition) is 1. The second-order valence-electron chi connectivity index (χ2n) is 8.56. The summed E-state index contributed by atoms with van der Waals surface area (Å²) in [4.78, 5) is 29.4. The van der Waals surface area contributed by atoms with Crippen LogP contribution < -0.4 is 5.32 Å². The van der Waals surface area contributed by atoms with E-state index in [0.29, 0.717) is 30.8 Å². The van der Waals surface area contributed by atoms with E-state index < -0.39 is 0 Å². The lowest BCUT2D eigenvalue weighted by atomic mass is 9.93. The van der Waals surface area contributed by atoms with Gasteiger partial charge in [0.25, 0.3) is 0 Å². The molecule has 0 aromatic carbocycles. The first-order valence-corrected chi connectivity index (χ1v) is 10.7. The van der Waals surface area contributed by atoms with Gasteiger partial charge < -0.3 is 14.8 Å². The standard InChI is InChI=1S/C20H32N6O2/c1-24-14-22-23-18(24)6-9-21-19(27)16-3-2-10-26(13-16)17-7-11-25(12-8-17)20(28)15-4-5-15/h14-17H,2-13H2,1H3,(H,21,27)/t16-/m1/s1. The highest BCUT2D eigenvalue weighted by Gasteiger charge is 2.37. The van der Waals surface area contributed by atoms with Crippen molar-refractivity contribution in [2.24, 2.45) is 18.9 Å². The predicted molar refractivity (Wildman–Crippen MR) is 104 cm³/mol. The van der Waals surface area contributed by atoms with Crippen molar-refractivity contribution in [1.82, 2.24) is 29.9 Å². The number of aryl methyl sites for hydroxylation is 1. The first-order valence-electron chi connectivity index (χ1n) is 10.7. The SMILES string of the molecule is Cn1cnnc1CCNC(=O)[C@@H]1CCCN(C2CCN(C(=O)C3CC3)CC2)C1. The third-order valence-corrected chi connectivity index (χ3v) is 6.50. The minimum atomic E-state index is 0.0689. The molecule has 1 N–H and O–H groups in total. The van der Waals surface area contributed by atoms with E-state index >= 15 is 0 Å². The predicted octanol–water partition coefficient (Wildman–Crippen LogP) is 0.587. The molecular weight excluding hydrogens is 356 g/mol. The summed E-state index contributed by atoms with van der Waals surface area (Å²) in [6.07, 6.45) is 8.66. The molecule has 3 aliphatic rings. The normalized spacial score (nSPS) is 24.3. The first kappa shape index (κ1) is 19.4. The van der Waals surface area contributed by atoms with Crippen LogP contribution in [-0.4, -0.2) is 75.1 Å². The molecule has 2 amide bonds. The van der Waals surface area contributed by atoms with Crippen LogP contribution in [0.25, 0.3) is 0 Å². The maximum Gasteiger partial charge on any atom is 0.225 e. The summed E-state index contributed by atoms with van der Waals surface area (Å²) in [5.74, 6) is 1.81. The maximum atomic E-state index is 12.6. The molecule has 1 saturated carbocycles. The fourth-order valence-electron chi connectivity index (χ4n) is 4.57. The number of carbonyl (C=O) groups is 2. The summed E-state index contributed by atoms with van der Waals surface area (Å²) < 4.78 is 1.88. The van der Waals surface area contributed by atoms with Gasteiger partial charge in [0.2, 0.25) is 11.8 Å². The van der Waals surface area contributed by atoms with E-state index in [9.17, 15) is 9.59 Å². The Morgan fingerprint density at radius 1 is 1.11 bits per heavy atom. The highest BCUT2D eigenvalue weighted by Crippen LogP contribution is 2.32. The van der Waals surface area contributed by atoms with Gasteiger partial charge in [-0.15, -0.1) is 10.2 Å². The van der Waals surface area contributed by atoms with E-state index in [1.165, 1.54) is 0 Å². The fourth-order valence-corrected chi connectivity index (χ4v) is 4.57. The van der Waals surface area contributed by atoms with Crippen LogP contribution in [0.2, 0.25) is 0 Å². The second-order valence-corrected chi connectivity index (χ2v) is 8.56. The number of aromatic nitrogens is 3. The number of nitrogens with one attached hydrogen (secondary N) is 1. The van der Waals surface area contributed by atoms with Crippen molar-refractivity contribution < 1.29 is 9.59 Å². The molecule has 0 spiro atoms. The molecule has 0 radical (unpaired) electrons. The van der Waals surface area contributed by atoms with Crippen molar-refractivity contribution in [3.05, 3.63) is 12.2 Å². The molecule has 8 heteroatoms. The van der Waals surface area contributed by atoms with E-state index in [1.807, 2.05) is 11.6 Å². The van der Waals surface area contributed by atoms with Gasteiger partial charge in [-0.2, -0.15) is 0 Å². The molecule has 0 bridgehead atoms. The van der Waals surface area contributed by atoms with E-state index in [4.69, 9.17) is 0 Å². The van der Waals surface area contributed by atoms with Crippen molar-refractivity contribution in [2.45, 2.75) is 51.0 Å². The molecule has 2 aliphatic heterocycles. The Hall–Kier alpha value is -1.96. The highest BCUT2D eigenvalue weighted by atomic mass is 16.2. The number of hydrogen-bond acceptors (Lipinski definition) is 5. The summed E-state index contributed by atoms with van der Waals surface area (Å²) in [6.45, 7) is 4.28. The Morgan fingerprint density at radius 2 is 1.89 bits per heavy atom. The van der Waals surface area contributed by atoms with Crippen LogP contribution >= 0.6 is 0 Å². The molecule has 1 atom stereocenters. The molecule has 1 aliphatic carbocycles. The van der Waals surface area contributed by atoms with Gasteiger partial charge >= 0.3 is 0 Å². The maximum absolute atomic E-state index is 12.6. The Labute approximate surface area is 166 Å². The van der Waals surface area contributed by atoms with Gasteiger partial charge in [-0.25, -0.2) is 0 Å². The number of rotatable bonds is 6. The summed E-state index contributed by atoms with van der Waals surface area (Å²) in [5.41, 5.74) is 0. The van der Waals surface area contributed by atoms with E-state index in [1.54, 1.807) is 6.33 Å². The summed E-state index contributed by atoms with van der Waals surface area (Å²) in [6, 6.07) is 0.512. The van der Waals surface area contributed by atoms with Crippen molar-refractivity contribution in [3.8, 4) is 0 Å². The van der Waals surface area contributed by atoms with Crippen molar-refractivity contribution >= 4 is 11.8 Å². The third-order valence-electron chi connectivity index (χ3n) is 6.50. The van der Waals surface area contributed by atoms with E-state index in [-0.39, 0.29) is 11.8 Å². The molecule has 8 nitrogen and oxygen atoms in total. The van der Waals surface area contributed by atoms with Crippen molar-refractivity contribution in [1.29, 1.82) is 0 Å². The quantitative estimate of drug-likeness (QED) is 0.771. The van der Waals surface area contributed by atoms with Crippen LogP contribution in [0.15, 0.2) is 6.33 Å². The molecule has 4 rings (SSSR count). The fraction of sp³-hybridized carbons (Fsp3) is 0.800. The number of likely N-dealkylation sites (tertiary alicyclic amines) is 2. The Bertz CT molecular complexity index is 693. The van der Waals surface area contributed by atoms with Crippen molar-refractivity contribution in [3.63, 3.8) is 0 Å². The molecule has 154 valence electrons. The zero-order chi connectivity index (χ0) is 19.5. The van der Waals surface area contributed by atoms with Crippen LogP contribution in [0.5, 0.6) is 0 Å². The topological polar surface area (TPSA) is 83.4 Å². The minimum Gasteiger partial charge on any atom is -0.355 e. The molecule has 1 aromatic heterocycles. The Kier molecular flexibility index (Phi) is 5.94. The summed E-state index contributed by atoms with van der Waals surface area (Å²) >= 11 is 0. The van der Waals surface area contributed by atoms with Gasteiger partial charge in [0, 0.05) is 51.6 Å². The van der Waals surface area contributed by atoms with Gasteiger partial charge in [-0.05, 0) is 45.1 Å². The molecule has 2 saturated heterocycles. The molecule has 0 unspecified atom stereocenters. The summed E-state index contributed by atoms with van der Waals surface area (Å²) in [5, 5.41) is 11.0. The lowest BCUT2D eigenvalue weighted by Crippen LogP contribution is -2.51. The monoisotopic (exact) mass is 388 g/mol. The van der Waals surface area contributed by atoms with Crippen LogP contribution in [-0.2, 0) is 23.1 Å². The zero-order valence-electron chi connectivity index (χ0n) is 16.8. The second kappa shape index (κ2) is 8.59. The number of nitrogens with zero attached hydrogens (tertiary/aromatic N) is 5. The third kappa shape index (κ3) is 4.54. The van der Waals surface area contributed by atoms with Crippen LogP contribution in [0, 0.1) is 11.8 Å². The lowest BCUT2D eigenvalue weighted by Gasteiger charge is -2.42. The van der Waals surface area contributed by atoms with Crippen molar-refractivity contribution in [2.75, 3.05) is 32.7 Å². The summed E-state index contributed by atoms with van der Waals surface area (Å²) in [7, 11) is 1.92. The van der Waals surface area contributed by atoms with Gasteiger partial charge in [0.05, 0.1) is 5.92 Å². The zero-order valence-corrected chi connectivity index (χ0v) is 16.8. The average Bonchev–Trinajstić information content (AvgIpc) is 3.50. The Morgan fingerprint density at radius 3 is 2.57 bits per heavy atom. The molecule has 3 heterocycles. The van der Waals surface area contributed by atoms with E-state index in [2.05, 4.69) is 25.3 Å². The van der Waals surface area contributed by atoms with Gasteiger partial charge in [0.1, 0.15) is 12.2 Å². The number of amides is 2. The Balaban J connectivity index is 1.21.